The van der Waals surface area contributed by atoms with Crippen LogP contribution in [0.1, 0.15) is 24.4 Å². The van der Waals surface area contributed by atoms with Crippen molar-refractivity contribution in [3.8, 4) is 11.4 Å². The normalized spacial score (nSPS) is 15.3. The maximum atomic E-state index is 15.4. The molecule has 43 heavy (non-hydrogen) atoms. The molecule has 1 N–H and O–H groups in total. The van der Waals surface area contributed by atoms with Crippen molar-refractivity contribution < 1.29 is 23.5 Å². The van der Waals surface area contributed by atoms with Crippen LogP contribution in [0.25, 0.3) is 16.7 Å². The first-order valence-electron chi connectivity index (χ1n) is 13.7. The van der Waals surface area contributed by atoms with E-state index in [1.807, 2.05) is 12.1 Å². The molecule has 3 aromatic carbocycles. The van der Waals surface area contributed by atoms with Crippen molar-refractivity contribution >= 4 is 28.5 Å². The van der Waals surface area contributed by atoms with E-state index in [0.29, 0.717) is 29.1 Å². The number of anilines is 1. The van der Waals surface area contributed by atoms with Gasteiger partial charge in [0.25, 0.3) is 0 Å². The lowest BCUT2D eigenvalue weighted by atomic mass is 10.0. The lowest BCUT2D eigenvalue weighted by molar-refractivity contribution is -0.127. The van der Waals surface area contributed by atoms with Gasteiger partial charge in [0, 0.05) is 30.5 Å². The molecule has 3 heterocycles. The molecule has 5 aromatic rings. The number of carbonyl (C=O) groups is 2. The van der Waals surface area contributed by atoms with Crippen molar-refractivity contribution in [1.82, 2.24) is 40.5 Å². The molecule has 6 rings (SSSR count). The van der Waals surface area contributed by atoms with E-state index in [1.165, 1.54) is 45.9 Å². The Labute approximate surface area is 245 Å². The first-order chi connectivity index (χ1) is 21.0. The van der Waals surface area contributed by atoms with E-state index < -0.39 is 23.7 Å². The van der Waals surface area contributed by atoms with E-state index in [4.69, 9.17) is 9.47 Å². The molecule has 0 bridgehead atoms. The van der Waals surface area contributed by atoms with Crippen LogP contribution in [0.4, 0.5) is 10.1 Å². The predicted molar refractivity (Wildman–Crippen MR) is 152 cm³/mol. The highest BCUT2D eigenvalue weighted by atomic mass is 19.1. The van der Waals surface area contributed by atoms with Gasteiger partial charge in [0.05, 0.1) is 18.7 Å². The minimum Gasteiger partial charge on any atom is -0.494 e. The van der Waals surface area contributed by atoms with Crippen LogP contribution >= 0.6 is 0 Å². The van der Waals surface area contributed by atoms with Crippen LogP contribution in [0, 0.1) is 5.82 Å². The number of fused-ring (bicyclic) bond motifs is 1. The third-order valence-electron chi connectivity index (χ3n) is 7.25. The SMILES string of the molecule is COc1cc(N(C(=O)Cn2nnc3ccccc32)[C@@H](C(=O)NC[C@H]2CCCO2)c2ccccc2F)ccc1-n1cnnn1. The van der Waals surface area contributed by atoms with Gasteiger partial charge >= 0.3 is 0 Å². The first-order valence-corrected chi connectivity index (χ1v) is 13.7. The van der Waals surface area contributed by atoms with Gasteiger partial charge in [-0.25, -0.2) is 9.07 Å². The summed E-state index contributed by atoms with van der Waals surface area (Å²) in [6.07, 6.45) is 2.92. The molecule has 220 valence electrons. The number of nitrogens with zero attached hydrogens (tertiary/aromatic N) is 8. The molecule has 0 radical (unpaired) electrons. The summed E-state index contributed by atoms with van der Waals surface area (Å²) in [6.45, 7) is 0.559. The van der Waals surface area contributed by atoms with Gasteiger partial charge in [-0.15, -0.1) is 10.2 Å². The zero-order valence-electron chi connectivity index (χ0n) is 23.2. The molecule has 2 atom stereocenters. The zero-order valence-corrected chi connectivity index (χ0v) is 23.2. The van der Waals surface area contributed by atoms with Crippen molar-refractivity contribution in [3.63, 3.8) is 0 Å². The van der Waals surface area contributed by atoms with Crippen LogP contribution in [-0.4, -0.2) is 73.4 Å². The number of benzene rings is 3. The van der Waals surface area contributed by atoms with Crippen LogP contribution in [0.2, 0.25) is 0 Å². The summed E-state index contributed by atoms with van der Waals surface area (Å²) in [4.78, 5) is 29.5. The number of amides is 2. The monoisotopic (exact) mass is 585 g/mol. The minimum absolute atomic E-state index is 0.0210. The summed E-state index contributed by atoms with van der Waals surface area (Å²) >= 11 is 0. The largest absolute Gasteiger partial charge is 0.494 e. The number of carbonyl (C=O) groups excluding carboxylic acids is 2. The van der Waals surface area contributed by atoms with Gasteiger partial charge in [-0.05, 0) is 53.6 Å². The van der Waals surface area contributed by atoms with Crippen molar-refractivity contribution in [2.45, 2.75) is 31.5 Å². The van der Waals surface area contributed by atoms with Crippen molar-refractivity contribution in [2.75, 3.05) is 25.2 Å². The Morgan fingerprint density at radius 2 is 1.98 bits per heavy atom. The van der Waals surface area contributed by atoms with Gasteiger partial charge < -0.3 is 14.8 Å². The molecule has 0 saturated carbocycles. The quantitative estimate of drug-likeness (QED) is 0.262. The van der Waals surface area contributed by atoms with Gasteiger partial charge in [-0.2, -0.15) is 4.68 Å². The second-order valence-electron chi connectivity index (χ2n) is 9.91. The fraction of sp³-hybridized carbons (Fsp3) is 0.276. The third kappa shape index (κ3) is 5.77. The first kappa shape index (κ1) is 27.9. The number of tetrazole rings is 1. The number of halogens is 1. The highest BCUT2D eigenvalue weighted by Crippen LogP contribution is 2.34. The number of aromatic nitrogens is 7. The fourth-order valence-corrected chi connectivity index (χ4v) is 5.16. The molecule has 1 aliphatic rings. The molecule has 14 heteroatoms. The lowest BCUT2D eigenvalue weighted by Crippen LogP contribution is -2.47. The Balaban J connectivity index is 1.45. The summed E-state index contributed by atoms with van der Waals surface area (Å²) in [7, 11) is 1.46. The van der Waals surface area contributed by atoms with E-state index in [1.54, 1.807) is 36.4 Å². The molecule has 13 nitrogen and oxygen atoms in total. The second kappa shape index (κ2) is 12.3. The highest BCUT2D eigenvalue weighted by Gasteiger charge is 2.36. The average Bonchev–Trinajstić information content (AvgIpc) is 3.82. The molecule has 1 saturated heterocycles. The molecule has 0 spiro atoms. The summed E-state index contributed by atoms with van der Waals surface area (Å²) in [5.41, 5.74) is 2.04. The van der Waals surface area contributed by atoms with Gasteiger partial charge in [0.15, 0.2) is 0 Å². The van der Waals surface area contributed by atoms with E-state index in [2.05, 4.69) is 31.2 Å². The Bertz CT molecular complexity index is 1740. The molecule has 2 aromatic heterocycles. The Morgan fingerprint density at radius 3 is 2.74 bits per heavy atom. The zero-order chi connectivity index (χ0) is 29.8. The Morgan fingerprint density at radius 1 is 1.14 bits per heavy atom. The summed E-state index contributed by atoms with van der Waals surface area (Å²) in [6, 6.07) is 16.6. The fourth-order valence-electron chi connectivity index (χ4n) is 5.16. The van der Waals surface area contributed by atoms with E-state index in [9.17, 15) is 9.59 Å². The summed E-state index contributed by atoms with van der Waals surface area (Å²) in [5.74, 6) is -1.42. The maximum Gasteiger partial charge on any atom is 0.249 e. The summed E-state index contributed by atoms with van der Waals surface area (Å²) < 4.78 is 29.6. The van der Waals surface area contributed by atoms with E-state index in [-0.39, 0.29) is 30.4 Å². The van der Waals surface area contributed by atoms with Crippen molar-refractivity contribution in [1.29, 1.82) is 0 Å². The van der Waals surface area contributed by atoms with E-state index >= 15 is 4.39 Å². The van der Waals surface area contributed by atoms with Gasteiger partial charge in [-0.1, -0.05) is 35.5 Å². The molecule has 2 amide bonds. The Kier molecular flexibility index (Phi) is 8.00. The molecule has 1 aliphatic heterocycles. The van der Waals surface area contributed by atoms with Gasteiger partial charge in [0.2, 0.25) is 11.8 Å². The number of nitrogens with one attached hydrogen (secondary N) is 1. The number of para-hydroxylation sites is 1. The van der Waals surface area contributed by atoms with E-state index in [0.717, 1.165) is 12.8 Å². The molecule has 0 unspecified atom stereocenters. The molecular formula is C29H28FN9O4. The number of ether oxygens (including phenoxy) is 2. The lowest BCUT2D eigenvalue weighted by Gasteiger charge is -2.32. The van der Waals surface area contributed by atoms with Crippen molar-refractivity contribution in [3.05, 3.63) is 84.4 Å². The van der Waals surface area contributed by atoms with Crippen LogP contribution in [0.15, 0.2) is 73.1 Å². The smallest absolute Gasteiger partial charge is 0.249 e. The van der Waals surface area contributed by atoms with Crippen LogP contribution in [0.3, 0.4) is 0 Å². The van der Waals surface area contributed by atoms with Crippen LogP contribution in [-0.2, 0) is 20.9 Å². The molecular weight excluding hydrogens is 557 g/mol. The van der Waals surface area contributed by atoms with Crippen LogP contribution < -0.4 is 15.0 Å². The second-order valence-corrected chi connectivity index (χ2v) is 9.91. The highest BCUT2D eigenvalue weighted by molar-refractivity contribution is 6.02. The maximum absolute atomic E-state index is 15.4. The molecule has 1 fully saturated rings. The topological polar surface area (TPSA) is 142 Å². The number of rotatable bonds is 10. The van der Waals surface area contributed by atoms with Gasteiger partial charge in [-0.3, -0.25) is 14.5 Å². The number of hydrogen-bond acceptors (Lipinski definition) is 9. The van der Waals surface area contributed by atoms with Gasteiger partial charge in [0.1, 0.15) is 41.7 Å². The standard InChI is InChI=1S/C29H28FN9O4/c1-42-26-15-19(12-13-25(26)38-18-32-34-36-38)39(27(40)17-37-24-11-5-4-10-23(24)33-35-37)28(21-8-2-3-9-22(21)30)29(41)31-16-20-7-6-14-43-20/h2-5,8-13,15,18,20,28H,6-7,14,16-17H2,1H3,(H,31,41)/t20-,28-/m1/s1. The van der Waals surface area contributed by atoms with Crippen LogP contribution in [0.5, 0.6) is 5.75 Å². The number of hydrogen-bond donors (Lipinski definition) is 1. The minimum atomic E-state index is -1.38. The average molecular weight is 586 g/mol. The molecule has 0 aliphatic carbocycles. The number of methoxy groups -OCH3 is 1. The third-order valence-corrected chi connectivity index (χ3v) is 7.25. The van der Waals surface area contributed by atoms with Crippen molar-refractivity contribution in [2.24, 2.45) is 0 Å². The Hall–Kier alpha value is -5.24. The summed E-state index contributed by atoms with van der Waals surface area (Å²) in [5, 5.41) is 22.4. The predicted octanol–water partition coefficient (Wildman–Crippen LogP) is 2.62.